The maximum absolute atomic E-state index is 14.6. The minimum atomic E-state index is -0.499. The number of aromatic nitrogens is 2. The molecule has 5 nitrogen and oxygen atoms in total. The van der Waals surface area contributed by atoms with Crippen molar-refractivity contribution in [1.29, 1.82) is 0 Å². The molecule has 5 heteroatoms. The lowest BCUT2D eigenvalue weighted by Gasteiger charge is -2.52. The lowest BCUT2D eigenvalue weighted by molar-refractivity contribution is -0.134. The Labute approximate surface area is 208 Å². The highest BCUT2D eigenvalue weighted by molar-refractivity contribution is 6.03. The van der Waals surface area contributed by atoms with Gasteiger partial charge in [-0.3, -0.25) is 9.69 Å². The van der Waals surface area contributed by atoms with Gasteiger partial charge in [-0.15, -0.1) is 0 Å². The number of aryl methyl sites for hydroxylation is 1. The van der Waals surface area contributed by atoms with E-state index in [-0.39, 0.29) is 11.8 Å². The first-order valence-corrected chi connectivity index (χ1v) is 12.9. The third-order valence-corrected chi connectivity index (χ3v) is 8.51. The van der Waals surface area contributed by atoms with Gasteiger partial charge in [0.2, 0.25) is 5.91 Å². The van der Waals surface area contributed by atoms with Crippen molar-refractivity contribution in [2.45, 2.75) is 65.2 Å². The summed E-state index contributed by atoms with van der Waals surface area (Å²) in [6.07, 6.45) is 5.39. The Kier molecular flexibility index (Phi) is 6.12. The van der Waals surface area contributed by atoms with Gasteiger partial charge in [-0.1, -0.05) is 64.1 Å². The summed E-state index contributed by atoms with van der Waals surface area (Å²) in [7, 11) is 0. The summed E-state index contributed by atoms with van der Waals surface area (Å²) in [6.45, 7) is 9.06. The van der Waals surface area contributed by atoms with Crippen molar-refractivity contribution in [3.05, 3.63) is 77.6 Å². The monoisotopic (exact) mass is 468 g/mol. The Morgan fingerprint density at radius 1 is 1.09 bits per heavy atom. The maximum Gasteiger partial charge on any atom is 0.238 e. The predicted octanol–water partition coefficient (Wildman–Crippen LogP) is 6.63. The van der Waals surface area contributed by atoms with E-state index in [9.17, 15) is 4.79 Å². The van der Waals surface area contributed by atoms with Crippen LogP contribution in [0.5, 0.6) is 0 Å². The molecule has 0 bridgehead atoms. The lowest BCUT2D eigenvalue weighted by Crippen LogP contribution is -2.51. The number of para-hydroxylation sites is 1. The van der Waals surface area contributed by atoms with Gasteiger partial charge in [0.25, 0.3) is 0 Å². The minimum absolute atomic E-state index is 0.103. The van der Waals surface area contributed by atoms with Crippen LogP contribution in [0.3, 0.4) is 0 Å². The molecule has 0 saturated heterocycles. The van der Waals surface area contributed by atoms with Gasteiger partial charge in [0, 0.05) is 6.07 Å². The van der Waals surface area contributed by atoms with Crippen molar-refractivity contribution in [3.8, 4) is 0 Å². The second-order valence-electron chi connectivity index (χ2n) is 11.0. The molecule has 182 valence electrons. The number of rotatable bonds is 4. The van der Waals surface area contributed by atoms with E-state index in [4.69, 9.17) is 5.73 Å². The fourth-order valence-corrected chi connectivity index (χ4v) is 6.48. The van der Waals surface area contributed by atoms with Crippen LogP contribution in [0.15, 0.2) is 60.9 Å². The number of anilines is 3. The highest BCUT2D eigenvalue weighted by atomic mass is 16.2. The molecule has 0 radical (unpaired) electrons. The number of nitrogens with zero attached hydrogens (tertiary/aromatic N) is 3. The minimum Gasteiger partial charge on any atom is -0.384 e. The Balaban J connectivity index is 1.57. The van der Waals surface area contributed by atoms with E-state index in [0.717, 1.165) is 31.4 Å². The number of hydrogen-bond donors (Lipinski definition) is 1. The van der Waals surface area contributed by atoms with Crippen LogP contribution in [0.1, 0.15) is 75.5 Å². The van der Waals surface area contributed by atoms with Crippen molar-refractivity contribution < 1.29 is 4.79 Å². The van der Waals surface area contributed by atoms with Gasteiger partial charge < -0.3 is 5.73 Å². The van der Waals surface area contributed by atoms with E-state index in [2.05, 4.69) is 55.9 Å². The fourth-order valence-electron chi connectivity index (χ4n) is 6.48. The van der Waals surface area contributed by atoms with E-state index >= 15 is 0 Å². The summed E-state index contributed by atoms with van der Waals surface area (Å²) >= 11 is 0. The third-order valence-electron chi connectivity index (χ3n) is 8.51. The number of benzene rings is 2. The van der Waals surface area contributed by atoms with Gasteiger partial charge in [-0.05, 0) is 78.2 Å². The normalized spacial score (nSPS) is 25.6. The molecule has 1 fully saturated rings. The second-order valence-corrected chi connectivity index (χ2v) is 11.0. The Bertz CT molecular complexity index is 1220. The van der Waals surface area contributed by atoms with Crippen LogP contribution in [-0.4, -0.2) is 15.9 Å². The fraction of sp³-hybridized carbons (Fsp3) is 0.433. The topological polar surface area (TPSA) is 72.1 Å². The number of amides is 1. The first-order valence-electron chi connectivity index (χ1n) is 12.9. The Morgan fingerprint density at radius 3 is 2.57 bits per heavy atom. The molecule has 0 unspecified atom stereocenters. The summed E-state index contributed by atoms with van der Waals surface area (Å²) in [5, 5.41) is 0. The molecule has 1 saturated carbocycles. The van der Waals surface area contributed by atoms with E-state index in [1.54, 1.807) is 11.0 Å². The average molecular weight is 469 g/mol. The summed E-state index contributed by atoms with van der Waals surface area (Å²) < 4.78 is 0. The van der Waals surface area contributed by atoms with Crippen molar-refractivity contribution >= 4 is 23.2 Å². The van der Waals surface area contributed by atoms with Crippen LogP contribution in [-0.2, 0) is 11.2 Å². The van der Waals surface area contributed by atoms with Crippen LogP contribution in [0.2, 0.25) is 0 Å². The van der Waals surface area contributed by atoms with E-state index in [1.807, 2.05) is 30.3 Å². The molecule has 2 aliphatic rings. The maximum atomic E-state index is 14.6. The van der Waals surface area contributed by atoms with Crippen LogP contribution >= 0.6 is 0 Å². The predicted molar refractivity (Wildman–Crippen MR) is 142 cm³/mol. The first-order chi connectivity index (χ1) is 16.8. The number of carbonyl (C=O) groups excluding carboxylic acids is 1. The van der Waals surface area contributed by atoms with Gasteiger partial charge in [0.1, 0.15) is 18.0 Å². The van der Waals surface area contributed by atoms with Crippen LogP contribution in [0, 0.1) is 17.3 Å². The Morgan fingerprint density at radius 2 is 1.86 bits per heavy atom. The van der Waals surface area contributed by atoms with Gasteiger partial charge in [-0.2, -0.15) is 0 Å². The van der Waals surface area contributed by atoms with Crippen LogP contribution in [0.25, 0.3) is 0 Å². The van der Waals surface area contributed by atoms with Crippen molar-refractivity contribution in [3.63, 3.8) is 0 Å². The number of hydrogen-bond acceptors (Lipinski definition) is 4. The summed E-state index contributed by atoms with van der Waals surface area (Å²) in [5.41, 5.74) is 10.7. The zero-order valence-electron chi connectivity index (χ0n) is 21.2. The molecule has 1 heterocycles. The molecular formula is C30H36N4O. The quantitative estimate of drug-likeness (QED) is 0.466. The SMILES string of the molecule is CC(C)c1ccc2c(c1)CC[C@@H]1[C@@H]2[C@@H](C)CC[C@@]1(C)C(=O)N(c1ccccc1)c1cc(N)ncn1. The zero-order valence-corrected chi connectivity index (χ0v) is 21.2. The van der Waals surface area contributed by atoms with Crippen molar-refractivity contribution in [2.24, 2.45) is 17.3 Å². The van der Waals surface area contributed by atoms with E-state index < -0.39 is 5.41 Å². The molecule has 2 aliphatic carbocycles. The Hall–Kier alpha value is -3.21. The summed E-state index contributed by atoms with van der Waals surface area (Å²) in [6, 6.07) is 18.6. The average Bonchev–Trinajstić information content (AvgIpc) is 2.86. The number of carbonyl (C=O) groups is 1. The molecule has 1 aromatic heterocycles. The van der Waals surface area contributed by atoms with E-state index in [1.165, 1.54) is 23.0 Å². The number of nitrogens with two attached hydrogens (primary N) is 1. The van der Waals surface area contributed by atoms with Crippen molar-refractivity contribution in [1.82, 2.24) is 9.97 Å². The summed E-state index contributed by atoms with van der Waals surface area (Å²) in [5.74, 6) is 2.72. The molecule has 0 spiro atoms. The zero-order chi connectivity index (χ0) is 24.7. The van der Waals surface area contributed by atoms with E-state index in [0.29, 0.717) is 29.4 Å². The standard InChI is InChI=1S/C30H36N4O/c1-19(2)21-10-12-24-22(16-21)11-13-25-28(24)20(3)14-15-30(25,4)29(35)34(23-8-6-5-7-9-23)27-17-26(31)32-18-33-27/h5-10,12,16-20,25,28H,11,13-15H2,1-4H3,(H2,31,32,33)/t20-,25+,28+,30+/m0/s1. The van der Waals surface area contributed by atoms with Gasteiger partial charge >= 0.3 is 0 Å². The molecule has 1 amide bonds. The first kappa shape index (κ1) is 23.5. The number of fused-ring (bicyclic) bond motifs is 3. The molecular weight excluding hydrogens is 432 g/mol. The number of nitrogen functional groups attached to an aromatic ring is 1. The third kappa shape index (κ3) is 4.11. The molecule has 2 aromatic carbocycles. The van der Waals surface area contributed by atoms with Crippen LogP contribution in [0.4, 0.5) is 17.3 Å². The second kappa shape index (κ2) is 9.10. The largest absolute Gasteiger partial charge is 0.384 e. The molecule has 4 atom stereocenters. The molecule has 2 N–H and O–H groups in total. The van der Waals surface area contributed by atoms with Gasteiger partial charge in [-0.25, -0.2) is 9.97 Å². The smallest absolute Gasteiger partial charge is 0.238 e. The van der Waals surface area contributed by atoms with Gasteiger partial charge in [0.05, 0.1) is 11.1 Å². The molecule has 5 rings (SSSR count). The lowest BCUT2D eigenvalue weighted by atomic mass is 9.53. The molecule has 3 aromatic rings. The van der Waals surface area contributed by atoms with Crippen LogP contribution < -0.4 is 10.6 Å². The van der Waals surface area contributed by atoms with Crippen molar-refractivity contribution in [2.75, 3.05) is 10.6 Å². The van der Waals surface area contributed by atoms with Gasteiger partial charge in [0.15, 0.2) is 0 Å². The highest BCUT2D eigenvalue weighted by Crippen LogP contribution is 2.57. The highest BCUT2D eigenvalue weighted by Gasteiger charge is 2.53. The summed E-state index contributed by atoms with van der Waals surface area (Å²) in [4.78, 5) is 24.9. The molecule has 0 aliphatic heterocycles. The molecule has 35 heavy (non-hydrogen) atoms.